The molecule has 0 aromatic heterocycles. The van der Waals surface area contributed by atoms with Gasteiger partial charge in [-0.25, -0.2) is 0 Å². The third-order valence-corrected chi connectivity index (χ3v) is 4.82. The van der Waals surface area contributed by atoms with Gasteiger partial charge in [-0.15, -0.1) is 0 Å². The minimum absolute atomic E-state index is 0.776. The largest absolute Gasteiger partial charge is 0.496 e. The van der Waals surface area contributed by atoms with E-state index in [1.165, 1.54) is 0 Å². The van der Waals surface area contributed by atoms with Gasteiger partial charge in [-0.1, -0.05) is 36.4 Å². The van der Waals surface area contributed by atoms with Crippen LogP contribution in [0.25, 0.3) is 11.1 Å². The van der Waals surface area contributed by atoms with Crippen LogP contribution in [0.2, 0.25) is 0 Å². The Kier molecular flexibility index (Phi) is 5.85. The highest BCUT2D eigenvalue weighted by atomic mass is 16.5. The molecule has 4 aromatic rings. The summed E-state index contributed by atoms with van der Waals surface area (Å²) in [6.45, 7) is 0. The van der Waals surface area contributed by atoms with Crippen molar-refractivity contribution in [2.75, 3.05) is 24.9 Å². The Labute approximate surface area is 177 Å². The maximum atomic E-state index is 5.69. The van der Waals surface area contributed by atoms with E-state index in [0.29, 0.717) is 0 Å². The van der Waals surface area contributed by atoms with Crippen LogP contribution in [0.1, 0.15) is 0 Å². The highest BCUT2D eigenvalue weighted by Gasteiger charge is 2.13. The van der Waals surface area contributed by atoms with Crippen LogP contribution in [0.15, 0.2) is 97.1 Å². The monoisotopic (exact) mass is 396 g/mol. The van der Waals surface area contributed by atoms with Crippen molar-refractivity contribution in [3.63, 3.8) is 0 Å². The first-order valence-electron chi connectivity index (χ1n) is 9.77. The van der Waals surface area contributed by atoms with E-state index in [9.17, 15) is 0 Å². The van der Waals surface area contributed by atoms with Crippen molar-refractivity contribution in [1.82, 2.24) is 0 Å². The third kappa shape index (κ3) is 4.39. The average Bonchev–Trinajstić information content (AvgIpc) is 2.80. The number of ether oxygens (including phenoxy) is 2. The fourth-order valence-electron chi connectivity index (χ4n) is 3.36. The van der Waals surface area contributed by atoms with Crippen molar-refractivity contribution >= 4 is 22.7 Å². The molecule has 0 aliphatic heterocycles. The number of hydrogen-bond donors (Lipinski definition) is 2. The summed E-state index contributed by atoms with van der Waals surface area (Å²) >= 11 is 0. The fraction of sp³-hybridized carbons (Fsp3) is 0.0769. The topological polar surface area (TPSA) is 42.5 Å². The normalized spacial score (nSPS) is 10.3. The van der Waals surface area contributed by atoms with E-state index in [2.05, 4.69) is 10.6 Å². The van der Waals surface area contributed by atoms with Gasteiger partial charge in [0.2, 0.25) is 0 Å². The zero-order valence-electron chi connectivity index (χ0n) is 17.1. The molecule has 0 heterocycles. The van der Waals surface area contributed by atoms with Gasteiger partial charge in [0.05, 0.1) is 14.2 Å². The van der Waals surface area contributed by atoms with Crippen LogP contribution in [0.4, 0.5) is 22.7 Å². The number of benzene rings is 4. The summed E-state index contributed by atoms with van der Waals surface area (Å²) in [5, 5.41) is 6.80. The zero-order valence-corrected chi connectivity index (χ0v) is 17.1. The smallest absolute Gasteiger partial charge is 0.128 e. The SMILES string of the molecule is COc1cc(Nc2ccccc2)ccc1-c1ccc(Nc2ccccc2)cc1OC. The van der Waals surface area contributed by atoms with Crippen molar-refractivity contribution in [2.24, 2.45) is 0 Å². The van der Waals surface area contributed by atoms with Crippen LogP contribution in [0.5, 0.6) is 11.5 Å². The lowest BCUT2D eigenvalue weighted by Gasteiger charge is -2.16. The second-order valence-electron chi connectivity index (χ2n) is 6.81. The molecule has 0 atom stereocenters. The number of anilines is 4. The molecule has 2 N–H and O–H groups in total. The molecule has 0 amide bonds. The maximum absolute atomic E-state index is 5.69. The lowest BCUT2D eigenvalue weighted by Crippen LogP contribution is -1.96. The Bertz CT molecular complexity index is 1020. The van der Waals surface area contributed by atoms with E-state index in [1.54, 1.807) is 14.2 Å². The lowest BCUT2D eigenvalue weighted by molar-refractivity contribution is 0.410. The second-order valence-corrected chi connectivity index (χ2v) is 6.81. The molecule has 4 heteroatoms. The molecule has 4 aromatic carbocycles. The van der Waals surface area contributed by atoms with Gasteiger partial charge in [0.1, 0.15) is 11.5 Å². The Morgan fingerprint density at radius 1 is 0.467 bits per heavy atom. The second kappa shape index (κ2) is 9.05. The van der Waals surface area contributed by atoms with Crippen LogP contribution in [-0.4, -0.2) is 14.2 Å². The highest BCUT2D eigenvalue weighted by Crippen LogP contribution is 2.39. The average molecular weight is 396 g/mol. The Hall–Kier alpha value is -3.92. The Morgan fingerprint density at radius 3 is 1.23 bits per heavy atom. The summed E-state index contributed by atoms with van der Waals surface area (Å²) in [6.07, 6.45) is 0. The van der Waals surface area contributed by atoms with Gasteiger partial charge in [0, 0.05) is 46.0 Å². The number of rotatable bonds is 7. The standard InChI is InChI=1S/C26H24N2O2/c1-29-25-17-21(27-19-9-5-3-6-10-19)13-15-23(25)24-16-14-22(18-26(24)30-2)28-20-11-7-4-8-12-20/h3-18,27-28H,1-2H3. The molecule has 0 aliphatic carbocycles. The number of para-hydroxylation sites is 2. The number of methoxy groups -OCH3 is 2. The summed E-state index contributed by atoms with van der Waals surface area (Å²) in [7, 11) is 3.37. The molecule has 0 radical (unpaired) electrons. The van der Waals surface area contributed by atoms with Crippen molar-refractivity contribution in [1.29, 1.82) is 0 Å². The summed E-state index contributed by atoms with van der Waals surface area (Å²) in [6, 6.07) is 32.3. The summed E-state index contributed by atoms with van der Waals surface area (Å²) in [5.74, 6) is 1.55. The van der Waals surface area contributed by atoms with Crippen LogP contribution in [0.3, 0.4) is 0 Å². The lowest BCUT2D eigenvalue weighted by atomic mass is 10.0. The van der Waals surface area contributed by atoms with Crippen LogP contribution >= 0.6 is 0 Å². The quantitative estimate of drug-likeness (QED) is 0.358. The van der Waals surface area contributed by atoms with E-state index in [-0.39, 0.29) is 0 Å². The van der Waals surface area contributed by atoms with Crippen molar-refractivity contribution in [3.8, 4) is 22.6 Å². The molecule has 0 saturated carbocycles. The molecular weight excluding hydrogens is 372 g/mol. The van der Waals surface area contributed by atoms with Crippen molar-refractivity contribution in [3.05, 3.63) is 97.1 Å². The molecule has 0 saturated heterocycles. The predicted molar refractivity (Wildman–Crippen MR) is 124 cm³/mol. The zero-order chi connectivity index (χ0) is 20.8. The molecule has 0 fully saturated rings. The molecule has 30 heavy (non-hydrogen) atoms. The molecule has 4 nitrogen and oxygen atoms in total. The Morgan fingerprint density at radius 2 is 0.867 bits per heavy atom. The summed E-state index contributed by atoms with van der Waals surface area (Å²) in [5.41, 5.74) is 5.92. The van der Waals surface area contributed by atoms with E-state index in [0.717, 1.165) is 45.4 Å². The van der Waals surface area contributed by atoms with Crippen LogP contribution in [0, 0.1) is 0 Å². The Balaban J connectivity index is 1.63. The molecule has 4 rings (SSSR count). The molecule has 0 unspecified atom stereocenters. The van der Waals surface area contributed by atoms with Gasteiger partial charge in [-0.3, -0.25) is 0 Å². The maximum Gasteiger partial charge on any atom is 0.128 e. The molecule has 0 aliphatic rings. The summed E-state index contributed by atoms with van der Waals surface area (Å²) in [4.78, 5) is 0. The first kappa shape index (κ1) is 19.4. The fourth-order valence-corrected chi connectivity index (χ4v) is 3.36. The van der Waals surface area contributed by atoms with Gasteiger partial charge in [0.15, 0.2) is 0 Å². The molecule has 0 spiro atoms. The molecule has 150 valence electrons. The predicted octanol–water partition coefficient (Wildman–Crippen LogP) is 6.86. The summed E-state index contributed by atoms with van der Waals surface area (Å²) < 4.78 is 11.4. The first-order valence-corrected chi connectivity index (χ1v) is 9.77. The molecular formula is C26H24N2O2. The van der Waals surface area contributed by atoms with E-state index in [4.69, 9.17) is 9.47 Å². The van der Waals surface area contributed by atoms with Gasteiger partial charge < -0.3 is 20.1 Å². The van der Waals surface area contributed by atoms with Gasteiger partial charge >= 0.3 is 0 Å². The third-order valence-electron chi connectivity index (χ3n) is 4.82. The van der Waals surface area contributed by atoms with Crippen LogP contribution < -0.4 is 20.1 Å². The van der Waals surface area contributed by atoms with Crippen molar-refractivity contribution < 1.29 is 9.47 Å². The van der Waals surface area contributed by atoms with Gasteiger partial charge in [-0.2, -0.15) is 0 Å². The van der Waals surface area contributed by atoms with E-state index in [1.807, 2.05) is 97.1 Å². The number of nitrogens with one attached hydrogen (secondary N) is 2. The van der Waals surface area contributed by atoms with Gasteiger partial charge in [0.25, 0.3) is 0 Å². The first-order chi connectivity index (χ1) is 14.8. The van der Waals surface area contributed by atoms with Crippen molar-refractivity contribution in [2.45, 2.75) is 0 Å². The van der Waals surface area contributed by atoms with E-state index >= 15 is 0 Å². The highest BCUT2D eigenvalue weighted by molar-refractivity contribution is 5.81. The molecule has 0 bridgehead atoms. The number of hydrogen-bond acceptors (Lipinski definition) is 4. The minimum atomic E-state index is 0.776. The van der Waals surface area contributed by atoms with Gasteiger partial charge in [-0.05, 0) is 48.5 Å². The van der Waals surface area contributed by atoms with E-state index < -0.39 is 0 Å². The van der Waals surface area contributed by atoms with Crippen LogP contribution in [-0.2, 0) is 0 Å². The minimum Gasteiger partial charge on any atom is -0.496 e.